The van der Waals surface area contributed by atoms with Crippen LogP contribution >= 0.6 is 0 Å². The van der Waals surface area contributed by atoms with Crippen LogP contribution in [0, 0.1) is 11.8 Å². The zero-order chi connectivity index (χ0) is 15.7. The topological polar surface area (TPSA) is 53.0 Å². The Labute approximate surface area is 131 Å². The third-order valence-electron chi connectivity index (χ3n) is 5.07. The summed E-state index contributed by atoms with van der Waals surface area (Å²) in [5.74, 6) is 1.41. The molecule has 0 bridgehead atoms. The smallest absolute Gasteiger partial charge is 0.304 e. The van der Waals surface area contributed by atoms with Crippen LogP contribution in [0.4, 0.5) is 0 Å². The van der Waals surface area contributed by atoms with E-state index in [2.05, 4.69) is 29.0 Å². The predicted octanol–water partition coefficient (Wildman–Crippen LogP) is 1.70. The minimum Gasteiger partial charge on any atom is -0.497 e. The van der Waals surface area contributed by atoms with E-state index in [4.69, 9.17) is 9.84 Å². The first-order valence-electron chi connectivity index (χ1n) is 7.87. The van der Waals surface area contributed by atoms with Crippen LogP contribution in [-0.4, -0.2) is 61.2 Å². The number of hydrogen-bond donors (Lipinski definition) is 1. The minimum absolute atomic E-state index is 0.239. The van der Waals surface area contributed by atoms with Crippen LogP contribution in [-0.2, 0) is 4.79 Å². The van der Waals surface area contributed by atoms with Gasteiger partial charge in [0.25, 0.3) is 0 Å². The van der Waals surface area contributed by atoms with E-state index in [-0.39, 0.29) is 6.42 Å². The molecule has 120 valence electrons. The van der Waals surface area contributed by atoms with Crippen LogP contribution < -0.4 is 4.74 Å². The standard InChI is InChI=1S/C17H24N2O3/c1-18-9-13-10-19(8-7-16(20)21)11-15(13)17(18)12-3-5-14(22-2)6-4-12/h3-6,13,15,17H,7-11H2,1-2H3,(H,20,21)/t13-,15+,17+/m0/s1. The summed E-state index contributed by atoms with van der Waals surface area (Å²) in [7, 11) is 3.87. The summed E-state index contributed by atoms with van der Waals surface area (Å²) in [5, 5.41) is 8.85. The number of carboxylic acid groups (broad SMARTS) is 1. The lowest BCUT2D eigenvalue weighted by molar-refractivity contribution is -0.137. The molecule has 3 rings (SSSR count). The van der Waals surface area contributed by atoms with Gasteiger partial charge < -0.3 is 14.7 Å². The molecule has 1 aromatic rings. The van der Waals surface area contributed by atoms with Crippen LogP contribution in [0.1, 0.15) is 18.0 Å². The Balaban J connectivity index is 1.70. The number of hydrogen-bond acceptors (Lipinski definition) is 4. The number of rotatable bonds is 5. The largest absolute Gasteiger partial charge is 0.497 e. The maximum atomic E-state index is 10.8. The SMILES string of the molecule is COc1ccc([C@@H]2[C@@H]3CN(CCC(=O)O)C[C@@H]3CN2C)cc1. The summed E-state index contributed by atoms with van der Waals surface area (Å²) in [6.45, 7) is 3.78. The second kappa shape index (κ2) is 6.26. The van der Waals surface area contributed by atoms with Crippen molar-refractivity contribution in [2.24, 2.45) is 11.8 Å². The molecule has 22 heavy (non-hydrogen) atoms. The number of aliphatic carboxylic acids is 1. The molecule has 0 unspecified atom stereocenters. The van der Waals surface area contributed by atoms with E-state index >= 15 is 0 Å². The third kappa shape index (κ3) is 2.96. The summed E-state index contributed by atoms with van der Waals surface area (Å²) >= 11 is 0. The minimum atomic E-state index is -0.708. The summed E-state index contributed by atoms with van der Waals surface area (Å²) in [6, 6.07) is 8.78. The Morgan fingerprint density at radius 1 is 1.27 bits per heavy atom. The van der Waals surface area contributed by atoms with E-state index in [0.717, 1.165) is 25.4 Å². The second-order valence-corrected chi connectivity index (χ2v) is 6.48. The van der Waals surface area contributed by atoms with Crippen LogP contribution in [0.5, 0.6) is 5.75 Å². The molecule has 2 aliphatic heterocycles. The molecule has 2 fully saturated rings. The summed E-state index contributed by atoms with van der Waals surface area (Å²) < 4.78 is 5.24. The van der Waals surface area contributed by atoms with E-state index in [1.165, 1.54) is 5.56 Å². The van der Waals surface area contributed by atoms with Crippen molar-refractivity contribution in [2.45, 2.75) is 12.5 Å². The highest BCUT2D eigenvalue weighted by atomic mass is 16.5. The lowest BCUT2D eigenvalue weighted by Crippen LogP contribution is -2.30. The molecule has 0 radical (unpaired) electrons. The maximum Gasteiger partial charge on any atom is 0.304 e. The Bertz CT molecular complexity index is 531. The van der Waals surface area contributed by atoms with Crippen molar-refractivity contribution in [1.29, 1.82) is 0 Å². The van der Waals surface area contributed by atoms with Crippen molar-refractivity contribution in [3.8, 4) is 5.75 Å². The molecule has 1 N–H and O–H groups in total. The Morgan fingerprint density at radius 2 is 2.00 bits per heavy atom. The lowest BCUT2D eigenvalue weighted by atomic mass is 9.89. The van der Waals surface area contributed by atoms with Gasteiger partial charge in [0.05, 0.1) is 13.5 Å². The molecule has 0 aromatic heterocycles. The average molecular weight is 304 g/mol. The number of ether oxygens (including phenoxy) is 1. The zero-order valence-corrected chi connectivity index (χ0v) is 13.2. The van der Waals surface area contributed by atoms with Crippen molar-refractivity contribution >= 4 is 5.97 Å². The van der Waals surface area contributed by atoms with E-state index in [0.29, 0.717) is 24.4 Å². The van der Waals surface area contributed by atoms with Gasteiger partial charge in [-0.1, -0.05) is 12.1 Å². The van der Waals surface area contributed by atoms with Crippen LogP contribution in [0.2, 0.25) is 0 Å². The Hall–Kier alpha value is -1.59. The summed E-state index contributed by atoms with van der Waals surface area (Å²) in [6.07, 6.45) is 0.239. The van der Waals surface area contributed by atoms with Gasteiger partial charge >= 0.3 is 5.97 Å². The molecule has 2 aliphatic rings. The summed E-state index contributed by atoms with van der Waals surface area (Å²) in [5.41, 5.74) is 1.33. The fourth-order valence-corrected chi connectivity index (χ4v) is 4.09. The zero-order valence-electron chi connectivity index (χ0n) is 13.2. The number of fused-ring (bicyclic) bond motifs is 1. The van der Waals surface area contributed by atoms with Crippen molar-refractivity contribution in [3.05, 3.63) is 29.8 Å². The number of carbonyl (C=O) groups is 1. The molecule has 0 spiro atoms. The number of benzene rings is 1. The van der Waals surface area contributed by atoms with Crippen molar-refractivity contribution in [2.75, 3.05) is 40.3 Å². The molecular formula is C17H24N2O3. The molecule has 2 heterocycles. The van der Waals surface area contributed by atoms with Crippen LogP contribution in [0.15, 0.2) is 24.3 Å². The normalized spacial score (nSPS) is 28.7. The van der Waals surface area contributed by atoms with Gasteiger partial charge in [-0.15, -0.1) is 0 Å². The molecule has 5 heteroatoms. The van der Waals surface area contributed by atoms with Gasteiger partial charge in [0.15, 0.2) is 0 Å². The Morgan fingerprint density at radius 3 is 2.64 bits per heavy atom. The van der Waals surface area contributed by atoms with Crippen molar-refractivity contribution in [1.82, 2.24) is 9.80 Å². The maximum absolute atomic E-state index is 10.8. The molecule has 0 aliphatic carbocycles. The molecule has 0 saturated carbocycles. The highest BCUT2D eigenvalue weighted by Gasteiger charge is 2.45. The Kier molecular flexibility index (Phi) is 4.36. The predicted molar refractivity (Wildman–Crippen MR) is 84.0 cm³/mol. The second-order valence-electron chi connectivity index (χ2n) is 6.48. The molecule has 5 nitrogen and oxygen atoms in total. The van der Waals surface area contributed by atoms with Gasteiger partial charge in [-0.05, 0) is 36.6 Å². The summed E-state index contributed by atoms with van der Waals surface area (Å²) in [4.78, 5) is 15.5. The molecular weight excluding hydrogens is 280 g/mol. The molecule has 3 atom stereocenters. The van der Waals surface area contributed by atoms with E-state index in [1.807, 2.05) is 12.1 Å². The average Bonchev–Trinajstić information content (AvgIpc) is 3.01. The van der Waals surface area contributed by atoms with Crippen molar-refractivity contribution < 1.29 is 14.6 Å². The van der Waals surface area contributed by atoms with E-state index < -0.39 is 5.97 Å². The van der Waals surface area contributed by atoms with Gasteiger partial charge in [0.2, 0.25) is 0 Å². The molecule has 0 amide bonds. The van der Waals surface area contributed by atoms with Gasteiger partial charge in [0.1, 0.15) is 5.75 Å². The first kappa shape index (κ1) is 15.3. The quantitative estimate of drug-likeness (QED) is 0.897. The van der Waals surface area contributed by atoms with Crippen LogP contribution in [0.25, 0.3) is 0 Å². The van der Waals surface area contributed by atoms with Gasteiger partial charge in [0, 0.05) is 32.2 Å². The number of methoxy groups -OCH3 is 1. The number of nitrogens with zero attached hydrogens (tertiary/aromatic N) is 2. The monoisotopic (exact) mass is 304 g/mol. The first-order chi connectivity index (χ1) is 10.6. The third-order valence-corrected chi connectivity index (χ3v) is 5.07. The van der Waals surface area contributed by atoms with E-state index in [9.17, 15) is 4.79 Å². The van der Waals surface area contributed by atoms with Crippen molar-refractivity contribution in [3.63, 3.8) is 0 Å². The highest BCUT2D eigenvalue weighted by molar-refractivity contribution is 5.66. The fraction of sp³-hybridized carbons (Fsp3) is 0.588. The fourth-order valence-electron chi connectivity index (χ4n) is 4.09. The van der Waals surface area contributed by atoms with E-state index in [1.54, 1.807) is 7.11 Å². The number of carboxylic acids is 1. The first-order valence-corrected chi connectivity index (χ1v) is 7.87. The van der Waals surface area contributed by atoms with Gasteiger partial charge in [-0.25, -0.2) is 0 Å². The molecule has 2 saturated heterocycles. The van der Waals surface area contributed by atoms with Gasteiger partial charge in [-0.3, -0.25) is 9.69 Å². The van der Waals surface area contributed by atoms with Crippen LogP contribution in [0.3, 0.4) is 0 Å². The lowest BCUT2D eigenvalue weighted by Gasteiger charge is -2.26. The highest BCUT2D eigenvalue weighted by Crippen LogP contribution is 2.44. The van der Waals surface area contributed by atoms with Gasteiger partial charge in [-0.2, -0.15) is 0 Å². The number of likely N-dealkylation sites (tertiary alicyclic amines) is 2. The molecule has 1 aromatic carbocycles.